The molecular formula is C15H14N2O2. The van der Waals surface area contributed by atoms with E-state index in [0.717, 1.165) is 28.5 Å². The fourth-order valence-corrected chi connectivity index (χ4v) is 2.60. The van der Waals surface area contributed by atoms with E-state index in [1.807, 2.05) is 30.3 Å². The molecule has 0 amide bonds. The second kappa shape index (κ2) is 4.09. The summed E-state index contributed by atoms with van der Waals surface area (Å²) < 4.78 is 2.16. The molecule has 19 heavy (non-hydrogen) atoms. The molecule has 0 unspecified atom stereocenters. The highest BCUT2D eigenvalue weighted by molar-refractivity contribution is 6.07. The maximum Gasteiger partial charge on any atom is 0.354 e. The van der Waals surface area contributed by atoms with Crippen LogP contribution in [0.4, 0.5) is 0 Å². The molecule has 0 aliphatic heterocycles. The zero-order valence-corrected chi connectivity index (χ0v) is 10.8. The van der Waals surface area contributed by atoms with Crippen molar-refractivity contribution in [3.8, 4) is 0 Å². The second-order valence-electron chi connectivity index (χ2n) is 4.59. The van der Waals surface area contributed by atoms with Crippen LogP contribution in [0, 0.1) is 6.92 Å². The van der Waals surface area contributed by atoms with Crippen molar-refractivity contribution in [2.75, 3.05) is 0 Å². The standard InChI is InChI=1S/C15H14N2O2/c1-3-17-11-7-5-4-6-10(11)14-12(17)8-9(2)13(16-14)15(18)19/h4-8H,3H2,1-2H3,(H,18,19). The van der Waals surface area contributed by atoms with E-state index in [0.29, 0.717) is 5.56 Å². The molecule has 1 aromatic carbocycles. The average Bonchev–Trinajstić information content (AvgIpc) is 2.70. The molecule has 0 radical (unpaired) electrons. The summed E-state index contributed by atoms with van der Waals surface area (Å²) in [5.41, 5.74) is 3.67. The molecule has 4 heteroatoms. The number of aromatic nitrogens is 2. The number of benzene rings is 1. The van der Waals surface area contributed by atoms with E-state index in [1.165, 1.54) is 0 Å². The van der Waals surface area contributed by atoms with Crippen molar-refractivity contribution >= 4 is 27.9 Å². The number of carboxylic acids is 1. The number of pyridine rings is 1. The number of hydrogen-bond acceptors (Lipinski definition) is 2. The van der Waals surface area contributed by atoms with Gasteiger partial charge in [0.2, 0.25) is 0 Å². The van der Waals surface area contributed by atoms with Gasteiger partial charge in [0.15, 0.2) is 5.69 Å². The Morgan fingerprint density at radius 3 is 2.74 bits per heavy atom. The van der Waals surface area contributed by atoms with E-state index in [1.54, 1.807) is 6.92 Å². The summed E-state index contributed by atoms with van der Waals surface area (Å²) in [7, 11) is 0. The average molecular weight is 254 g/mol. The SMILES string of the molecule is CCn1c2ccccc2c2nc(C(=O)O)c(C)cc21. The normalized spacial score (nSPS) is 11.3. The lowest BCUT2D eigenvalue weighted by Crippen LogP contribution is -2.04. The van der Waals surface area contributed by atoms with Crippen LogP contribution in [0.5, 0.6) is 0 Å². The molecule has 2 heterocycles. The van der Waals surface area contributed by atoms with Crippen LogP contribution in [0.1, 0.15) is 23.0 Å². The van der Waals surface area contributed by atoms with E-state index >= 15 is 0 Å². The molecule has 0 atom stereocenters. The smallest absolute Gasteiger partial charge is 0.354 e. The minimum Gasteiger partial charge on any atom is -0.477 e. The number of carbonyl (C=O) groups is 1. The van der Waals surface area contributed by atoms with E-state index in [4.69, 9.17) is 0 Å². The Hall–Kier alpha value is -2.36. The summed E-state index contributed by atoms with van der Waals surface area (Å²) in [5, 5.41) is 10.2. The maximum atomic E-state index is 11.2. The van der Waals surface area contributed by atoms with Gasteiger partial charge in [-0.3, -0.25) is 0 Å². The molecular weight excluding hydrogens is 240 g/mol. The van der Waals surface area contributed by atoms with Gasteiger partial charge in [-0.1, -0.05) is 18.2 Å². The van der Waals surface area contributed by atoms with Crippen molar-refractivity contribution in [3.63, 3.8) is 0 Å². The Kier molecular flexibility index (Phi) is 2.52. The Morgan fingerprint density at radius 2 is 2.05 bits per heavy atom. The number of rotatable bonds is 2. The highest BCUT2D eigenvalue weighted by Gasteiger charge is 2.16. The summed E-state index contributed by atoms with van der Waals surface area (Å²) in [4.78, 5) is 15.6. The number of hydrogen-bond donors (Lipinski definition) is 1. The Balaban J connectivity index is 2.52. The lowest BCUT2D eigenvalue weighted by Gasteiger charge is -2.04. The van der Waals surface area contributed by atoms with Gasteiger partial charge in [-0.2, -0.15) is 0 Å². The van der Waals surface area contributed by atoms with Gasteiger partial charge in [-0.05, 0) is 31.5 Å². The highest BCUT2D eigenvalue weighted by Crippen LogP contribution is 2.28. The van der Waals surface area contributed by atoms with Crippen LogP contribution in [0.3, 0.4) is 0 Å². The lowest BCUT2D eigenvalue weighted by molar-refractivity contribution is 0.0690. The Morgan fingerprint density at radius 1 is 1.32 bits per heavy atom. The maximum absolute atomic E-state index is 11.2. The zero-order chi connectivity index (χ0) is 13.6. The second-order valence-corrected chi connectivity index (χ2v) is 4.59. The molecule has 0 saturated carbocycles. The third-order valence-corrected chi connectivity index (χ3v) is 3.45. The minimum absolute atomic E-state index is 0.131. The third kappa shape index (κ3) is 1.60. The number of carboxylic acid groups (broad SMARTS) is 1. The predicted octanol–water partition coefficient (Wildman–Crippen LogP) is 3.22. The van der Waals surface area contributed by atoms with Gasteiger partial charge in [0.05, 0.1) is 16.6 Å². The largest absolute Gasteiger partial charge is 0.477 e. The topological polar surface area (TPSA) is 55.1 Å². The molecule has 0 aliphatic rings. The first-order valence-corrected chi connectivity index (χ1v) is 6.25. The molecule has 3 rings (SSSR count). The van der Waals surface area contributed by atoms with E-state index in [9.17, 15) is 9.90 Å². The summed E-state index contributed by atoms with van der Waals surface area (Å²) in [5.74, 6) is -0.979. The van der Waals surface area contributed by atoms with Crippen LogP contribution >= 0.6 is 0 Å². The monoisotopic (exact) mass is 254 g/mol. The molecule has 0 fully saturated rings. The quantitative estimate of drug-likeness (QED) is 0.764. The minimum atomic E-state index is -0.979. The number of nitrogens with zero attached hydrogens (tertiary/aromatic N) is 2. The molecule has 96 valence electrons. The third-order valence-electron chi connectivity index (χ3n) is 3.45. The lowest BCUT2D eigenvalue weighted by atomic mass is 10.1. The van der Waals surface area contributed by atoms with Crippen LogP contribution in [-0.2, 0) is 6.54 Å². The van der Waals surface area contributed by atoms with Gasteiger partial charge in [0.1, 0.15) is 0 Å². The highest BCUT2D eigenvalue weighted by atomic mass is 16.4. The van der Waals surface area contributed by atoms with Gasteiger partial charge < -0.3 is 9.67 Å². The van der Waals surface area contributed by atoms with Gasteiger partial charge in [-0.15, -0.1) is 0 Å². The molecule has 2 aromatic heterocycles. The first-order chi connectivity index (χ1) is 9.13. The van der Waals surface area contributed by atoms with Crippen molar-refractivity contribution in [3.05, 3.63) is 41.6 Å². The van der Waals surface area contributed by atoms with Crippen molar-refractivity contribution in [2.45, 2.75) is 20.4 Å². The van der Waals surface area contributed by atoms with Crippen LogP contribution < -0.4 is 0 Å². The molecule has 0 bridgehead atoms. The van der Waals surface area contributed by atoms with Gasteiger partial charge in [-0.25, -0.2) is 9.78 Å². The molecule has 3 aromatic rings. The van der Waals surface area contributed by atoms with Crippen molar-refractivity contribution < 1.29 is 9.90 Å². The first kappa shape index (κ1) is 11.7. The number of aryl methyl sites for hydroxylation is 2. The zero-order valence-electron chi connectivity index (χ0n) is 10.8. The number of aromatic carboxylic acids is 1. The number of para-hydroxylation sites is 1. The van der Waals surface area contributed by atoms with Crippen molar-refractivity contribution in [2.24, 2.45) is 0 Å². The summed E-state index contributed by atoms with van der Waals surface area (Å²) in [6, 6.07) is 9.87. The van der Waals surface area contributed by atoms with Crippen LogP contribution in [-0.4, -0.2) is 20.6 Å². The number of fused-ring (bicyclic) bond motifs is 3. The van der Waals surface area contributed by atoms with E-state index in [-0.39, 0.29) is 5.69 Å². The fraction of sp³-hybridized carbons (Fsp3) is 0.200. The summed E-state index contributed by atoms with van der Waals surface area (Å²) in [6.07, 6.45) is 0. The first-order valence-electron chi connectivity index (χ1n) is 6.25. The fourth-order valence-electron chi connectivity index (χ4n) is 2.60. The Bertz CT molecular complexity index is 803. The molecule has 1 N–H and O–H groups in total. The van der Waals surface area contributed by atoms with Gasteiger partial charge >= 0.3 is 5.97 Å². The van der Waals surface area contributed by atoms with E-state index < -0.39 is 5.97 Å². The van der Waals surface area contributed by atoms with Gasteiger partial charge in [0, 0.05) is 11.9 Å². The van der Waals surface area contributed by atoms with Crippen molar-refractivity contribution in [1.82, 2.24) is 9.55 Å². The molecule has 4 nitrogen and oxygen atoms in total. The van der Waals surface area contributed by atoms with Crippen LogP contribution in [0.25, 0.3) is 21.9 Å². The molecule has 0 saturated heterocycles. The summed E-state index contributed by atoms with van der Waals surface area (Å²) in [6.45, 7) is 4.69. The van der Waals surface area contributed by atoms with E-state index in [2.05, 4.69) is 16.5 Å². The van der Waals surface area contributed by atoms with Gasteiger partial charge in [0.25, 0.3) is 0 Å². The molecule has 0 spiro atoms. The molecule has 0 aliphatic carbocycles. The van der Waals surface area contributed by atoms with Crippen LogP contribution in [0.15, 0.2) is 30.3 Å². The summed E-state index contributed by atoms with van der Waals surface area (Å²) >= 11 is 0. The van der Waals surface area contributed by atoms with Crippen LogP contribution in [0.2, 0.25) is 0 Å². The Labute approximate surface area is 110 Å². The van der Waals surface area contributed by atoms with Crippen molar-refractivity contribution in [1.29, 1.82) is 0 Å². The predicted molar refractivity (Wildman–Crippen MR) is 74.6 cm³/mol.